The number of allylic oxidation sites excluding steroid dienone is 2. The van der Waals surface area contributed by atoms with Crippen molar-refractivity contribution in [3.8, 4) is 0 Å². The highest BCUT2D eigenvalue weighted by Gasteiger charge is 2.31. The molecular formula is C29H44N6O3. The third-order valence-corrected chi connectivity index (χ3v) is 7.04. The molecule has 2 aliphatic rings. The van der Waals surface area contributed by atoms with E-state index < -0.39 is 5.60 Å². The highest BCUT2D eigenvalue weighted by molar-refractivity contribution is 5.99. The molecular weight excluding hydrogens is 480 g/mol. The van der Waals surface area contributed by atoms with Crippen molar-refractivity contribution in [2.24, 2.45) is 22.4 Å². The van der Waals surface area contributed by atoms with Gasteiger partial charge in [-0.1, -0.05) is 13.3 Å². The Morgan fingerprint density at radius 3 is 2.55 bits per heavy atom. The Hall–Kier alpha value is -3.49. The van der Waals surface area contributed by atoms with Crippen LogP contribution in [0.1, 0.15) is 76.2 Å². The third-order valence-electron chi connectivity index (χ3n) is 7.04. The van der Waals surface area contributed by atoms with Crippen LogP contribution in [0.15, 0.2) is 46.4 Å². The molecule has 9 nitrogen and oxygen atoms in total. The molecule has 38 heavy (non-hydrogen) atoms. The van der Waals surface area contributed by atoms with E-state index in [9.17, 15) is 9.59 Å². The first kappa shape index (κ1) is 29.1. The molecule has 1 aromatic rings. The number of nitrogens with one attached hydrogen (secondary N) is 1. The predicted octanol–water partition coefficient (Wildman–Crippen LogP) is 4.60. The number of nitrogens with zero attached hydrogens (tertiary/aromatic N) is 3. The van der Waals surface area contributed by atoms with Gasteiger partial charge in [0.15, 0.2) is 0 Å². The first-order valence-corrected chi connectivity index (χ1v) is 13.5. The summed E-state index contributed by atoms with van der Waals surface area (Å²) in [7, 11) is 1.68. The van der Waals surface area contributed by atoms with Crippen LogP contribution in [0.5, 0.6) is 0 Å². The van der Waals surface area contributed by atoms with Crippen LogP contribution >= 0.6 is 0 Å². The van der Waals surface area contributed by atoms with Crippen LogP contribution in [-0.2, 0) is 11.3 Å². The number of rotatable bonds is 8. The van der Waals surface area contributed by atoms with Crippen molar-refractivity contribution in [1.29, 1.82) is 0 Å². The van der Waals surface area contributed by atoms with Gasteiger partial charge in [-0.2, -0.15) is 0 Å². The van der Waals surface area contributed by atoms with Gasteiger partial charge < -0.3 is 31.3 Å². The fraction of sp³-hybridized carbons (Fsp3) is 0.552. The summed E-state index contributed by atoms with van der Waals surface area (Å²) in [5, 5.41) is 3.26. The number of hydrogen-bond donors (Lipinski definition) is 3. The number of likely N-dealkylation sites (tertiary alicyclic amines) is 1. The number of benzene rings is 1. The fourth-order valence-corrected chi connectivity index (χ4v) is 4.97. The van der Waals surface area contributed by atoms with Crippen LogP contribution in [0.3, 0.4) is 0 Å². The van der Waals surface area contributed by atoms with E-state index in [4.69, 9.17) is 16.2 Å². The zero-order chi connectivity index (χ0) is 28.0. The lowest BCUT2D eigenvalue weighted by Crippen LogP contribution is -2.42. The van der Waals surface area contributed by atoms with E-state index >= 15 is 0 Å². The maximum absolute atomic E-state index is 12.8. The Bertz CT molecular complexity index is 1110. The number of aliphatic imine (C=N–C) groups is 1. The minimum absolute atomic E-state index is 0.0794. The van der Waals surface area contributed by atoms with Gasteiger partial charge in [-0.3, -0.25) is 9.79 Å². The van der Waals surface area contributed by atoms with Crippen molar-refractivity contribution in [3.05, 3.63) is 52.5 Å². The number of anilines is 1. The first-order chi connectivity index (χ1) is 17.9. The summed E-state index contributed by atoms with van der Waals surface area (Å²) < 4.78 is 5.50. The maximum atomic E-state index is 12.8. The fourth-order valence-electron chi connectivity index (χ4n) is 4.97. The average molecular weight is 525 g/mol. The van der Waals surface area contributed by atoms with Gasteiger partial charge in [-0.15, -0.1) is 0 Å². The Morgan fingerprint density at radius 2 is 1.95 bits per heavy atom. The predicted molar refractivity (Wildman–Crippen MR) is 153 cm³/mol. The van der Waals surface area contributed by atoms with Crippen molar-refractivity contribution in [1.82, 2.24) is 9.80 Å². The van der Waals surface area contributed by atoms with Crippen LogP contribution in [0, 0.1) is 5.92 Å². The van der Waals surface area contributed by atoms with Crippen LogP contribution in [0.2, 0.25) is 0 Å². The normalized spacial score (nSPS) is 18.5. The molecule has 0 aromatic heterocycles. The Morgan fingerprint density at radius 1 is 1.26 bits per heavy atom. The topological polar surface area (TPSA) is 126 Å². The van der Waals surface area contributed by atoms with E-state index in [1.165, 1.54) is 0 Å². The number of fused-ring (bicyclic) bond motifs is 1. The van der Waals surface area contributed by atoms with Crippen molar-refractivity contribution in [2.45, 2.75) is 78.5 Å². The Kier molecular flexibility index (Phi) is 9.46. The smallest absolute Gasteiger partial charge is 0.410 e. The summed E-state index contributed by atoms with van der Waals surface area (Å²) in [4.78, 5) is 33.0. The molecule has 3 rings (SSSR count). The van der Waals surface area contributed by atoms with Gasteiger partial charge in [0.2, 0.25) is 0 Å². The quantitative estimate of drug-likeness (QED) is 0.337. The molecule has 1 unspecified atom stereocenters. The molecule has 0 saturated carbocycles. The second-order valence-corrected chi connectivity index (χ2v) is 11.2. The van der Waals surface area contributed by atoms with Gasteiger partial charge in [0.1, 0.15) is 5.60 Å². The summed E-state index contributed by atoms with van der Waals surface area (Å²) >= 11 is 0. The summed E-state index contributed by atoms with van der Waals surface area (Å²) in [6.45, 7) is 11.6. The van der Waals surface area contributed by atoms with E-state index in [0.29, 0.717) is 36.6 Å². The number of amides is 2. The van der Waals surface area contributed by atoms with Crippen molar-refractivity contribution in [2.75, 3.05) is 25.5 Å². The van der Waals surface area contributed by atoms with Crippen LogP contribution < -0.4 is 16.8 Å². The maximum Gasteiger partial charge on any atom is 0.410 e. The summed E-state index contributed by atoms with van der Waals surface area (Å²) in [6, 6.07) is 5.98. The van der Waals surface area contributed by atoms with Gasteiger partial charge in [0.25, 0.3) is 5.91 Å². The van der Waals surface area contributed by atoms with E-state index in [2.05, 4.69) is 24.2 Å². The molecule has 2 aliphatic heterocycles. The molecule has 1 saturated heterocycles. The largest absolute Gasteiger partial charge is 0.444 e. The molecule has 1 aromatic carbocycles. The van der Waals surface area contributed by atoms with E-state index in [1.807, 2.05) is 43.9 Å². The number of hydrogen-bond acceptors (Lipinski definition) is 7. The first-order valence-electron chi connectivity index (χ1n) is 13.5. The molecule has 0 bridgehead atoms. The number of nitrogens with two attached hydrogens (primary N) is 2. The average Bonchev–Trinajstić information content (AvgIpc) is 3.20. The summed E-state index contributed by atoms with van der Waals surface area (Å²) in [5.41, 5.74) is 17.0. The second kappa shape index (κ2) is 12.4. The Balaban J connectivity index is 1.69. The second-order valence-electron chi connectivity index (χ2n) is 11.2. The molecule has 0 radical (unpaired) electrons. The van der Waals surface area contributed by atoms with Crippen molar-refractivity contribution < 1.29 is 14.3 Å². The SMILES string of the molecule is CCCC(C)N1Cc2cc(N/C=C(N)/C(C=NC)=C(/N)C3CCN(C(=O)OC(C)(C)C)CC3)ccc2C1=O. The minimum Gasteiger partial charge on any atom is -0.444 e. The van der Waals surface area contributed by atoms with Gasteiger partial charge >= 0.3 is 6.09 Å². The number of ether oxygens (including phenoxy) is 1. The molecule has 1 fully saturated rings. The van der Waals surface area contributed by atoms with Gasteiger partial charge in [-0.25, -0.2) is 4.79 Å². The lowest BCUT2D eigenvalue weighted by molar-refractivity contribution is 0.0193. The molecule has 1 atom stereocenters. The Labute approximate surface area is 227 Å². The highest BCUT2D eigenvalue weighted by Crippen LogP contribution is 2.29. The molecule has 0 aliphatic carbocycles. The van der Waals surface area contributed by atoms with Crippen molar-refractivity contribution >= 4 is 23.9 Å². The van der Waals surface area contributed by atoms with Crippen LogP contribution in [0.25, 0.3) is 0 Å². The van der Waals surface area contributed by atoms with Crippen LogP contribution in [0.4, 0.5) is 10.5 Å². The van der Waals surface area contributed by atoms with Gasteiger partial charge in [0, 0.05) is 73.6 Å². The lowest BCUT2D eigenvalue weighted by atomic mass is 9.90. The third kappa shape index (κ3) is 7.08. The summed E-state index contributed by atoms with van der Waals surface area (Å²) in [5.74, 6) is 0.174. The standard InChI is InChI=1S/C29H44N6O3/c1-7-8-19(2)35-18-21-15-22(9-10-23(21)27(35)36)33-17-25(30)24(16-32-6)26(31)20-11-13-34(14-12-20)28(37)38-29(3,4)5/h9-10,15-17,19-20,33H,7-8,11-14,18,30-31H2,1-6H3/b25-17-,26-24+,32-16?. The molecule has 5 N–H and O–H groups in total. The number of piperidine rings is 1. The molecule has 9 heteroatoms. The van der Waals surface area contributed by atoms with Crippen LogP contribution in [-0.4, -0.2) is 59.8 Å². The van der Waals surface area contributed by atoms with E-state index in [0.717, 1.165) is 42.5 Å². The van der Waals surface area contributed by atoms with Crippen molar-refractivity contribution in [3.63, 3.8) is 0 Å². The highest BCUT2D eigenvalue weighted by atomic mass is 16.6. The zero-order valence-corrected chi connectivity index (χ0v) is 23.7. The number of carbonyl (C=O) groups excluding carboxylic acids is 2. The molecule has 2 amide bonds. The molecule has 0 spiro atoms. The van der Waals surface area contributed by atoms with E-state index in [1.54, 1.807) is 24.4 Å². The van der Waals surface area contributed by atoms with Gasteiger partial charge in [-0.05, 0) is 70.7 Å². The molecule has 2 heterocycles. The monoisotopic (exact) mass is 524 g/mol. The van der Waals surface area contributed by atoms with E-state index in [-0.39, 0.29) is 24.0 Å². The van der Waals surface area contributed by atoms with Gasteiger partial charge in [0.05, 0.1) is 5.70 Å². The molecule has 208 valence electrons. The number of carbonyl (C=O) groups is 2. The lowest BCUT2D eigenvalue weighted by Gasteiger charge is -2.34. The minimum atomic E-state index is -0.523. The summed E-state index contributed by atoms with van der Waals surface area (Å²) in [6.07, 6.45) is 6.57. The zero-order valence-electron chi connectivity index (χ0n) is 23.7.